The SMILES string of the molecule is CC(O)c1cnc(NC(=O)/C(=N/O[C@@H]2CCOC2)c2ccc(S(=O)(=O)C3CC3)cc2)cn1. The van der Waals surface area contributed by atoms with E-state index in [-0.39, 0.29) is 27.8 Å². The molecule has 0 bridgehead atoms. The molecule has 1 aromatic heterocycles. The molecule has 4 rings (SSSR count). The fraction of sp³-hybridized carbons (Fsp3) is 0.429. The first-order valence-corrected chi connectivity index (χ1v) is 11.9. The van der Waals surface area contributed by atoms with Gasteiger partial charge in [0.05, 0.1) is 47.6 Å². The monoisotopic (exact) mass is 460 g/mol. The molecule has 1 aliphatic heterocycles. The third-order valence-corrected chi connectivity index (χ3v) is 7.44. The number of aliphatic hydroxyl groups is 1. The van der Waals surface area contributed by atoms with Crippen LogP contribution in [0.4, 0.5) is 5.82 Å². The van der Waals surface area contributed by atoms with Crippen molar-refractivity contribution in [1.82, 2.24) is 9.97 Å². The van der Waals surface area contributed by atoms with Crippen LogP contribution in [0.3, 0.4) is 0 Å². The summed E-state index contributed by atoms with van der Waals surface area (Å²) < 4.78 is 30.2. The summed E-state index contributed by atoms with van der Waals surface area (Å²) in [5.74, 6) is -0.426. The highest BCUT2D eigenvalue weighted by Crippen LogP contribution is 2.33. The van der Waals surface area contributed by atoms with Gasteiger partial charge in [0.25, 0.3) is 5.91 Å². The average Bonchev–Trinajstić information content (AvgIpc) is 3.52. The van der Waals surface area contributed by atoms with Crippen LogP contribution in [0.15, 0.2) is 46.7 Å². The Kier molecular flexibility index (Phi) is 6.49. The number of sulfone groups is 1. The van der Waals surface area contributed by atoms with Gasteiger partial charge in [-0.05, 0) is 31.9 Å². The Morgan fingerprint density at radius 3 is 2.53 bits per heavy atom. The summed E-state index contributed by atoms with van der Waals surface area (Å²) in [4.78, 5) is 26.8. The molecule has 170 valence electrons. The molecule has 1 unspecified atom stereocenters. The van der Waals surface area contributed by atoms with Gasteiger partial charge in [0, 0.05) is 12.0 Å². The lowest BCUT2D eigenvalue weighted by atomic mass is 10.1. The maximum Gasteiger partial charge on any atom is 0.279 e. The van der Waals surface area contributed by atoms with Crippen molar-refractivity contribution in [3.05, 3.63) is 47.9 Å². The third kappa shape index (κ3) is 5.12. The Bertz CT molecular complexity index is 1090. The van der Waals surface area contributed by atoms with Crippen LogP contribution in [0.2, 0.25) is 0 Å². The van der Waals surface area contributed by atoms with Crippen molar-refractivity contribution >= 4 is 27.3 Å². The fourth-order valence-corrected chi connectivity index (χ4v) is 4.77. The molecule has 1 saturated heterocycles. The number of carbonyl (C=O) groups excluding carboxylic acids is 1. The predicted octanol–water partition coefficient (Wildman–Crippen LogP) is 1.61. The van der Waals surface area contributed by atoms with Crippen molar-refractivity contribution in [2.24, 2.45) is 5.16 Å². The molecular weight excluding hydrogens is 436 g/mol. The number of anilines is 1. The molecule has 32 heavy (non-hydrogen) atoms. The summed E-state index contributed by atoms with van der Waals surface area (Å²) in [7, 11) is -3.34. The highest BCUT2D eigenvalue weighted by atomic mass is 32.2. The Morgan fingerprint density at radius 1 is 1.22 bits per heavy atom. The van der Waals surface area contributed by atoms with Crippen LogP contribution >= 0.6 is 0 Å². The second-order valence-corrected chi connectivity index (χ2v) is 9.98. The molecule has 1 aliphatic carbocycles. The van der Waals surface area contributed by atoms with E-state index in [1.54, 1.807) is 6.92 Å². The molecule has 1 saturated carbocycles. The Hall–Kier alpha value is -2.89. The van der Waals surface area contributed by atoms with Crippen LogP contribution in [0.1, 0.15) is 43.5 Å². The molecule has 2 N–H and O–H groups in total. The van der Waals surface area contributed by atoms with E-state index in [1.165, 1.54) is 36.7 Å². The van der Waals surface area contributed by atoms with Gasteiger partial charge in [-0.2, -0.15) is 0 Å². The van der Waals surface area contributed by atoms with E-state index < -0.39 is 21.8 Å². The molecule has 2 fully saturated rings. The number of nitrogens with zero attached hydrogens (tertiary/aromatic N) is 3. The molecule has 0 spiro atoms. The van der Waals surface area contributed by atoms with Crippen molar-refractivity contribution in [2.75, 3.05) is 18.5 Å². The van der Waals surface area contributed by atoms with Gasteiger partial charge in [-0.3, -0.25) is 9.78 Å². The number of nitrogens with one attached hydrogen (secondary N) is 1. The van der Waals surface area contributed by atoms with Crippen LogP contribution in [-0.4, -0.2) is 59.7 Å². The molecule has 0 radical (unpaired) electrons. The second-order valence-electron chi connectivity index (χ2n) is 7.76. The van der Waals surface area contributed by atoms with E-state index >= 15 is 0 Å². The fourth-order valence-electron chi connectivity index (χ4n) is 3.12. The van der Waals surface area contributed by atoms with E-state index in [2.05, 4.69) is 20.4 Å². The van der Waals surface area contributed by atoms with Gasteiger partial charge in [0.15, 0.2) is 27.5 Å². The van der Waals surface area contributed by atoms with Gasteiger partial charge in [-0.1, -0.05) is 17.3 Å². The number of hydrogen-bond donors (Lipinski definition) is 2. The first kappa shape index (κ1) is 22.3. The topological polar surface area (TPSA) is 140 Å². The van der Waals surface area contributed by atoms with Crippen molar-refractivity contribution in [1.29, 1.82) is 0 Å². The molecule has 11 heteroatoms. The zero-order chi connectivity index (χ0) is 22.7. The maximum atomic E-state index is 12.9. The smallest absolute Gasteiger partial charge is 0.279 e. The first-order valence-electron chi connectivity index (χ1n) is 10.3. The van der Waals surface area contributed by atoms with E-state index in [9.17, 15) is 18.3 Å². The number of aliphatic hydroxyl groups excluding tert-OH is 1. The molecule has 1 amide bonds. The highest BCUT2D eigenvalue weighted by Gasteiger charge is 2.36. The average molecular weight is 461 g/mol. The van der Waals surface area contributed by atoms with Gasteiger partial charge < -0.3 is 20.0 Å². The minimum absolute atomic E-state index is 0.0336. The van der Waals surface area contributed by atoms with Crippen LogP contribution < -0.4 is 5.32 Å². The first-order chi connectivity index (χ1) is 15.3. The molecule has 10 nitrogen and oxygen atoms in total. The number of oxime groups is 1. The summed E-state index contributed by atoms with van der Waals surface area (Å²) >= 11 is 0. The van der Waals surface area contributed by atoms with Crippen molar-refractivity contribution < 1.29 is 27.9 Å². The Labute approximate surface area is 185 Å². The summed E-state index contributed by atoms with van der Waals surface area (Å²) in [6.07, 6.45) is 3.64. The number of amides is 1. The standard InChI is InChI=1S/C21H24N4O6S/c1-13(26)18-10-23-19(11-22-18)24-21(27)20(25-31-15-8-9-30-12-15)14-2-4-16(5-3-14)32(28,29)17-6-7-17/h2-5,10-11,13,15,17,26H,6-9,12H2,1H3,(H,23,24,27)/b25-20+/t13?,15-/m1/s1. The quantitative estimate of drug-likeness (QED) is 0.447. The number of ether oxygens (including phenoxy) is 1. The van der Waals surface area contributed by atoms with Crippen LogP contribution in [0.5, 0.6) is 0 Å². The number of benzene rings is 1. The molecular formula is C21H24N4O6S. The van der Waals surface area contributed by atoms with Gasteiger partial charge in [-0.15, -0.1) is 0 Å². The number of aromatic nitrogens is 2. The normalized spacial score (nSPS) is 20.1. The molecule has 2 aliphatic rings. The summed E-state index contributed by atoms with van der Waals surface area (Å²) in [5, 5.41) is 15.9. The number of carbonyl (C=O) groups is 1. The van der Waals surface area contributed by atoms with Crippen LogP contribution in [-0.2, 0) is 24.2 Å². The summed E-state index contributed by atoms with van der Waals surface area (Å²) in [5.41, 5.74) is 0.729. The van der Waals surface area contributed by atoms with E-state index in [0.29, 0.717) is 43.7 Å². The number of rotatable bonds is 8. The zero-order valence-corrected chi connectivity index (χ0v) is 18.3. The molecule has 1 aromatic carbocycles. The maximum absolute atomic E-state index is 12.9. The van der Waals surface area contributed by atoms with E-state index in [4.69, 9.17) is 9.57 Å². The summed E-state index contributed by atoms with van der Waals surface area (Å²) in [6.45, 7) is 2.49. The molecule has 2 aromatic rings. The van der Waals surface area contributed by atoms with E-state index in [1.807, 2.05) is 0 Å². The third-order valence-electron chi connectivity index (χ3n) is 5.16. The molecule has 2 heterocycles. The van der Waals surface area contributed by atoms with Gasteiger partial charge in [-0.25, -0.2) is 13.4 Å². The second kappa shape index (κ2) is 9.31. The highest BCUT2D eigenvalue weighted by molar-refractivity contribution is 7.92. The van der Waals surface area contributed by atoms with Crippen molar-refractivity contribution in [2.45, 2.75) is 48.5 Å². The lowest BCUT2D eigenvalue weighted by Crippen LogP contribution is -2.26. The van der Waals surface area contributed by atoms with E-state index in [0.717, 1.165) is 0 Å². The van der Waals surface area contributed by atoms with Crippen molar-refractivity contribution in [3.8, 4) is 0 Å². The Balaban J connectivity index is 1.56. The van der Waals surface area contributed by atoms with Crippen LogP contribution in [0.25, 0.3) is 0 Å². The largest absolute Gasteiger partial charge is 0.389 e. The summed E-state index contributed by atoms with van der Waals surface area (Å²) in [6, 6.07) is 6.01. The lowest BCUT2D eigenvalue weighted by Gasteiger charge is -2.11. The Morgan fingerprint density at radius 2 is 1.97 bits per heavy atom. The van der Waals surface area contributed by atoms with Crippen molar-refractivity contribution in [3.63, 3.8) is 0 Å². The number of hydrogen-bond acceptors (Lipinski definition) is 9. The van der Waals surface area contributed by atoms with Gasteiger partial charge >= 0.3 is 0 Å². The predicted molar refractivity (Wildman–Crippen MR) is 115 cm³/mol. The minimum Gasteiger partial charge on any atom is -0.389 e. The van der Waals surface area contributed by atoms with Gasteiger partial charge in [0.1, 0.15) is 0 Å². The van der Waals surface area contributed by atoms with Crippen LogP contribution in [0, 0.1) is 0 Å². The minimum atomic E-state index is -3.34. The molecule has 2 atom stereocenters. The lowest BCUT2D eigenvalue weighted by molar-refractivity contribution is -0.110. The zero-order valence-electron chi connectivity index (χ0n) is 17.5. The van der Waals surface area contributed by atoms with Gasteiger partial charge in [0.2, 0.25) is 0 Å².